The lowest BCUT2D eigenvalue weighted by Crippen LogP contribution is -2.50. The molecule has 0 saturated heterocycles. The van der Waals surface area contributed by atoms with Crippen LogP contribution in [0.25, 0.3) is 0 Å². The minimum Gasteiger partial charge on any atom is -0.325 e. The fraction of sp³-hybridized carbons (Fsp3) is 0.261. The van der Waals surface area contributed by atoms with E-state index in [1.165, 1.54) is 0 Å². The maximum atomic E-state index is 13.2. The average molecular weight is 386 g/mol. The van der Waals surface area contributed by atoms with E-state index in [-0.39, 0.29) is 11.8 Å². The summed E-state index contributed by atoms with van der Waals surface area (Å²) in [6.07, 6.45) is 4.06. The number of aromatic nitrogens is 2. The van der Waals surface area contributed by atoms with Gasteiger partial charge in [-0.15, -0.1) is 0 Å². The highest BCUT2D eigenvalue weighted by Crippen LogP contribution is 2.27. The van der Waals surface area contributed by atoms with Gasteiger partial charge in [0.1, 0.15) is 6.04 Å². The Morgan fingerprint density at radius 2 is 1.76 bits per heavy atom. The Morgan fingerprint density at radius 1 is 0.966 bits per heavy atom. The minimum atomic E-state index is -0.470. The first-order valence-electron chi connectivity index (χ1n) is 9.99. The number of hydrogen-bond donors (Lipinski definition) is 1. The summed E-state index contributed by atoms with van der Waals surface area (Å²) >= 11 is 0. The minimum absolute atomic E-state index is 0.115. The largest absolute Gasteiger partial charge is 0.325 e. The lowest BCUT2D eigenvalue weighted by Gasteiger charge is -2.32. The number of hydrogen-bond acceptors (Lipinski definition) is 3. The van der Waals surface area contributed by atoms with E-state index in [9.17, 15) is 9.59 Å². The molecule has 1 aromatic heterocycles. The second-order valence-corrected chi connectivity index (χ2v) is 7.64. The summed E-state index contributed by atoms with van der Waals surface area (Å²) in [7, 11) is 0. The molecule has 29 heavy (non-hydrogen) atoms. The van der Waals surface area contributed by atoms with Crippen molar-refractivity contribution in [2.75, 3.05) is 11.9 Å². The molecular weight excluding hydrogens is 364 g/mol. The highest BCUT2D eigenvalue weighted by atomic mass is 16.2. The summed E-state index contributed by atoms with van der Waals surface area (Å²) in [5.74, 6) is -0.264. The van der Waals surface area contributed by atoms with E-state index in [2.05, 4.69) is 10.4 Å². The third-order valence-electron chi connectivity index (χ3n) is 5.75. The maximum Gasteiger partial charge on any atom is 0.275 e. The third-order valence-corrected chi connectivity index (χ3v) is 5.75. The molecular formula is C23H22N4O2. The van der Waals surface area contributed by atoms with Crippen molar-refractivity contribution in [1.29, 1.82) is 0 Å². The maximum absolute atomic E-state index is 13.2. The van der Waals surface area contributed by atoms with Gasteiger partial charge in [0.2, 0.25) is 5.91 Å². The SMILES string of the molecule is O=C1Nc2ccccc2CCC1N1CCc2cn(Cc3ccccc3)nc2C1=O. The average Bonchev–Trinajstić information content (AvgIpc) is 3.07. The molecule has 5 rings (SSSR count). The third kappa shape index (κ3) is 3.31. The predicted octanol–water partition coefficient (Wildman–Crippen LogP) is 2.88. The van der Waals surface area contributed by atoms with Crippen LogP contribution in [0.15, 0.2) is 60.8 Å². The number of nitrogens with zero attached hydrogens (tertiary/aromatic N) is 3. The lowest BCUT2D eigenvalue weighted by atomic mass is 10.0. The zero-order chi connectivity index (χ0) is 19.8. The highest BCUT2D eigenvalue weighted by Gasteiger charge is 2.37. The Kier molecular flexibility index (Phi) is 4.39. The number of nitrogens with one attached hydrogen (secondary N) is 1. The standard InChI is InChI=1S/C23H22N4O2/c28-22-20(11-10-17-8-4-5-9-19(17)24-22)27-13-12-18-15-26(25-21(18)23(27)29)14-16-6-2-1-3-7-16/h1-9,15,20H,10-14H2,(H,24,28). The number of rotatable bonds is 3. The van der Waals surface area contributed by atoms with Crippen molar-refractivity contribution >= 4 is 17.5 Å². The Hall–Kier alpha value is -3.41. The number of carbonyl (C=O) groups is 2. The quantitative estimate of drug-likeness (QED) is 0.753. The van der Waals surface area contributed by atoms with Crippen molar-refractivity contribution in [1.82, 2.24) is 14.7 Å². The second kappa shape index (κ2) is 7.20. The molecule has 6 heteroatoms. The van der Waals surface area contributed by atoms with Crippen LogP contribution in [-0.2, 0) is 24.2 Å². The topological polar surface area (TPSA) is 67.2 Å². The first kappa shape index (κ1) is 17.7. The summed E-state index contributed by atoms with van der Waals surface area (Å²) < 4.78 is 1.82. The van der Waals surface area contributed by atoms with Crippen LogP contribution in [0.5, 0.6) is 0 Å². The molecule has 146 valence electrons. The smallest absolute Gasteiger partial charge is 0.275 e. The van der Waals surface area contributed by atoms with Crippen molar-refractivity contribution in [2.45, 2.75) is 31.8 Å². The van der Waals surface area contributed by atoms with Crippen LogP contribution < -0.4 is 5.32 Å². The Bertz CT molecular complexity index is 1070. The second-order valence-electron chi connectivity index (χ2n) is 7.64. The van der Waals surface area contributed by atoms with Gasteiger partial charge < -0.3 is 10.2 Å². The lowest BCUT2D eigenvalue weighted by molar-refractivity contribution is -0.120. The molecule has 0 fully saturated rings. The highest BCUT2D eigenvalue weighted by molar-refractivity contribution is 6.02. The van der Waals surface area contributed by atoms with Crippen molar-refractivity contribution in [2.24, 2.45) is 0 Å². The summed E-state index contributed by atoms with van der Waals surface area (Å²) in [6, 6.07) is 17.4. The number of fused-ring (bicyclic) bond motifs is 2. The van der Waals surface area contributed by atoms with Crippen LogP contribution in [0.4, 0.5) is 5.69 Å². The van der Waals surface area contributed by atoms with Crippen molar-refractivity contribution in [3.8, 4) is 0 Å². The summed E-state index contributed by atoms with van der Waals surface area (Å²) in [4.78, 5) is 27.7. The number of benzene rings is 2. The molecule has 0 bridgehead atoms. The van der Waals surface area contributed by atoms with Gasteiger partial charge in [0.15, 0.2) is 5.69 Å². The molecule has 2 amide bonds. The van der Waals surface area contributed by atoms with Crippen LogP contribution in [0.1, 0.15) is 33.6 Å². The summed E-state index contributed by atoms with van der Waals surface area (Å²) in [6.45, 7) is 1.16. The molecule has 1 unspecified atom stereocenters. The van der Waals surface area contributed by atoms with E-state index in [1.807, 2.05) is 65.5 Å². The Balaban J connectivity index is 1.37. The van der Waals surface area contributed by atoms with Gasteiger partial charge in [-0.05, 0) is 36.5 Å². The van der Waals surface area contributed by atoms with E-state index < -0.39 is 6.04 Å². The monoisotopic (exact) mass is 386 g/mol. The van der Waals surface area contributed by atoms with Crippen LogP contribution >= 0.6 is 0 Å². The van der Waals surface area contributed by atoms with Crippen molar-refractivity contribution < 1.29 is 9.59 Å². The van der Waals surface area contributed by atoms with E-state index in [0.717, 1.165) is 28.8 Å². The van der Waals surface area contributed by atoms with Crippen LogP contribution in [0.2, 0.25) is 0 Å². The Labute approximate surface area is 169 Å². The van der Waals surface area contributed by atoms with Gasteiger partial charge in [-0.1, -0.05) is 48.5 Å². The van der Waals surface area contributed by atoms with Gasteiger partial charge >= 0.3 is 0 Å². The summed E-state index contributed by atoms with van der Waals surface area (Å²) in [5.41, 5.74) is 4.52. The molecule has 2 aliphatic rings. The Morgan fingerprint density at radius 3 is 2.62 bits per heavy atom. The van der Waals surface area contributed by atoms with Gasteiger partial charge in [0.25, 0.3) is 5.91 Å². The molecule has 1 N–H and O–H groups in total. The molecule has 0 aliphatic carbocycles. The fourth-order valence-electron chi connectivity index (χ4n) is 4.25. The van der Waals surface area contributed by atoms with E-state index in [1.54, 1.807) is 4.90 Å². The summed E-state index contributed by atoms with van der Waals surface area (Å²) in [5, 5.41) is 7.55. The molecule has 0 saturated carbocycles. The molecule has 3 heterocycles. The molecule has 1 atom stereocenters. The zero-order valence-corrected chi connectivity index (χ0v) is 16.0. The van der Waals surface area contributed by atoms with Gasteiger partial charge in [-0.25, -0.2) is 0 Å². The van der Waals surface area contributed by atoms with Gasteiger partial charge in [0, 0.05) is 24.0 Å². The van der Waals surface area contributed by atoms with Gasteiger partial charge in [-0.2, -0.15) is 5.10 Å². The number of carbonyl (C=O) groups excluding carboxylic acids is 2. The van der Waals surface area contributed by atoms with E-state index >= 15 is 0 Å². The number of amides is 2. The van der Waals surface area contributed by atoms with Crippen LogP contribution in [0.3, 0.4) is 0 Å². The van der Waals surface area contributed by atoms with Crippen molar-refractivity contribution in [3.05, 3.63) is 83.2 Å². The zero-order valence-electron chi connectivity index (χ0n) is 16.0. The van der Waals surface area contributed by atoms with Gasteiger partial charge in [0.05, 0.1) is 6.54 Å². The molecule has 3 aromatic rings. The van der Waals surface area contributed by atoms with Gasteiger partial charge in [-0.3, -0.25) is 14.3 Å². The number of anilines is 1. The van der Waals surface area contributed by atoms with Crippen LogP contribution in [0, 0.1) is 0 Å². The molecule has 6 nitrogen and oxygen atoms in total. The first-order valence-corrected chi connectivity index (χ1v) is 9.99. The normalized spacial score (nSPS) is 18.6. The number of aryl methyl sites for hydroxylation is 1. The molecule has 0 radical (unpaired) electrons. The predicted molar refractivity (Wildman–Crippen MR) is 110 cm³/mol. The molecule has 0 spiro atoms. The fourth-order valence-corrected chi connectivity index (χ4v) is 4.25. The first-order chi connectivity index (χ1) is 14.2. The molecule has 2 aliphatic heterocycles. The molecule has 2 aromatic carbocycles. The van der Waals surface area contributed by atoms with Crippen LogP contribution in [-0.4, -0.2) is 39.1 Å². The number of para-hydroxylation sites is 1. The van der Waals surface area contributed by atoms with E-state index in [4.69, 9.17) is 0 Å². The van der Waals surface area contributed by atoms with E-state index in [0.29, 0.717) is 31.6 Å². The van der Waals surface area contributed by atoms with Crippen molar-refractivity contribution in [3.63, 3.8) is 0 Å².